The van der Waals surface area contributed by atoms with E-state index in [2.05, 4.69) is 4.98 Å². The van der Waals surface area contributed by atoms with E-state index in [1.54, 1.807) is 13.1 Å². The molecule has 86 valence electrons. The number of nitrogens with zero attached hydrogens (tertiary/aromatic N) is 1. The van der Waals surface area contributed by atoms with E-state index in [1.165, 1.54) is 11.8 Å². The molecule has 16 heavy (non-hydrogen) atoms. The molecule has 1 rings (SSSR count). The van der Waals surface area contributed by atoms with Crippen LogP contribution in [-0.2, 0) is 14.3 Å². The lowest BCUT2D eigenvalue weighted by Gasteiger charge is -2.10. The van der Waals surface area contributed by atoms with E-state index in [4.69, 9.17) is 4.74 Å². The first kappa shape index (κ1) is 12.7. The minimum Gasteiger partial charge on any atom is -0.454 e. The van der Waals surface area contributed by atoms with E-state index in [9.17, 15) is 9.59 Å². The number of hydrogen-bond acceptors (Lipinski definition) is 5. The van der Waals surface area contributed by atoms with E-state index in [0.717, 1.165) is 5.03 Å². The van der Waals surface area contributed by atoms with Crippen LogP contribution in [0.25, 0.3) is 0 Å². The van der Waals surface area contributed by atoms with Gasteiger partial charge in [0.05, 0.1) is 5.03 Å². The van der Waals surface area contributed by atoms with E-state index in [0.29, 0.717) is 12.0 Å². The summed E-state index contributed by atoms with van der Waals surface area (Å²) in [5, 5.41) is 0.807. The van der Waals surface area contributed by atoms with Crippen LogP contribution in [0.2, 0.25) is 0 Å². The maximum absolute atomic E-state index is 11.0. The van der Waals surface area contributed by atoms with Crippen molar-refractivity contribution in [3.8, 4) is 0 Å². The number of hydrogen-bond donors (Lipinski definition) is 0. The molecule has 1 aromatic heterocycles. The van der Waals surface area contributed by atoms with Gasteiger partial charge < -0.3 is 4.74 Å². The minimum absolute atomic E-state index is 0.276. The summed E-state index contributed by atoms with van der Waals surface area (Å²) < 4.78 is 4.91. The Bertz CT molecular complexity index is 342. The molecule has 0 aliphatic carbocycles. The van der Waals surface area contributed by atoms with Gasteiger partial charge in [-0.05, 0) is 12.1 Å². The minimum atomic E-state index is -0.695. The average Bonchev–Trinajstić information content (AvgIpc) is 2.35. The molecule has 0 aliphatic rings. The third-order valence-electron chi connectivity index (χ3n) is 1.76. The van der Waals surface area contributed by atoms with Crippen molar-refractivity contribution in [1.82, 2.24) is 4.98 Å². The Morgan fingerprint density at radius 1 is 1.62 bits per heavy atom. The maximum Gasteiger partial charge on any atom is 0.306 e. The van der Waals surface area contributed by atoms with Crippen molar-refractivity contribution >= 4 is 24.0 Å². The van der Waals surface area contributed by atoms with Gasteiger partial charge in [0, 0.05) is 18.4 Å². The number of carbonyl (C=O) groups is 2. The number of carbonyl (C=O) groups excluding carboxylic acids is 2. The van der Waals surface area contributed by atoms with Gasteiger partial charge in [-0.3, -0.25) is 9.59 Å². The van der Waals surface area contributed by atoms with Crippen LogP contribution in [0.1, 0.15) is 13.3 Å². The second kappa shape index (κ2) is 7.00. The van der Waals surface area contributed by atoms with Gasteiger partial charge in [-0.1, -0.05) is 13.0 Å². The first-order chi connectivity index (χ1) is 7.76. The lowest BCUT2D eigenvalue weighted by atomic mass is 10.4. The molecule has 0 aliphatic heterocycles. The second-order valence-corrected chi connectivity index (χ2v) is 4.04. The molecule has 0 aromatic carbocycles. The molecule has 5 heteroatoms. The first-order valence-corrected chi connectivity index (χ1v) is 5.93. The third kappa shape index (κ3) is 4.44. The molecular weight excluding hydrogens is 226 g/mol. The SMILES string of the molecule is CCC(=O)OC(C=O)CSc1ccccn1. The zero-order chi connectivity index (χ0) is 11.8. The number of aldehydes is 1. The fraction of sp³-hybridized carbons (Fsp3) is 0.364. The number of thioether (sulfide) groups is 1. The molecule has 0 saturated heterocycles. The van der Waals surface area contributed by atoms with Crippen molar-refractivity contribution in [3.63, 3.8) is 0 Å². The predicted octanol–water partition coefficient (Wildman–Crippen LogP) is 1.69. The number of aromatic nitrogens is 1. The number of esters is 1. The normalized spacial score (nSPS) is 11.8. The van der Waals surface area contributed by atoms with Gasteiger partial charge >= 0.3 is 5.97 Å². The summed E-state index contributed by atoms with van der Waals surface area (Å²) in [6, 6.07) is 5.52. The smallest absolute Gasteiger partial charge is 0.306 e. The Labute approximate surface area is 98.4 Å². The highest BCUT2D eigenvalue weighted by Gasteiger charge is 2.12. The van der Waals surface area contributed by atoms with Crippen molar-refractivity contribution in [2.24, 2.45) is 0 Å². The van der Waals surface area contributed by atoms with Gasteiger partial charge in [-0.2, -0.15) is 0 Å². The predicted molar refractivity (Wildman–Crippen MR) is 61.2 cm³/mol. The Hall–Kier alpha value is -1.36. The zero-order valence-corrected chi connectivity index (χ0v) is 9.78. The van der Waals surface area contributed by atoms with Crippen LogP contribution in [0.5, 0.6) is 0 Å². The highest BCUT2D eigenvalue weighted by Crippen LogP contribution is 2.15. The monoisotopic (exact) mass is 239 g/mol. The van der Waals surface area contributed by atoms with E-state index in [-0.39, 0.29) is 12.4 Å². The van der Waals surface area contributed by atoms with Crippen molar-refractivity contribution in [3.05, 3.63) is 24.4 Å². The molecule has 1 heterocycles. The first-order valence-electron chi connectivity index (χ1n) is 4.95. The summed E-state index contributed by atoms with van der Waals surface area (Å²) in [7, 11) is 0. The fourth-order valence-corrected chi connectivity index (χ4v) is 1.75. The number of rotatable bonds is 6. The molecule has 1 aromatic rings. The van der Waals surface area contributed by atoms with Crippen molar-refractivity contribution < 1.29 is 14.3 Å². The lowest BCUT2D eigenvalue weighted by molar-refractivity contribution is -0.150. The molecular formula is C11H13NO3S. The summed E-state index contributed by atoms with van der Waals surface area (Å²) >= 11 is 1.39. The molecule has 0 amide bonds. The molecule has 1 atom stereocenters. The van der Waals surface area contributed by atoms with Gasteiger partial charge in [0.25, 0.3) is 0 Å². The van der Waals surface area contributed by atoms with Crippen LogP contribution in [0.15, 0.2) is 29.4 Å². The van der Waals surface area contributed by atoms with E-state index < -0.39 is 6.10 Å². The van der Waals surface area contributed by atoms with Gasteiger partial charge in [-0.25, -0.2) is 4.98 Å². The van der Waals surface area contributed by atoms with Crippen LogP contribution in [0.4, 0.5) is 0 Å². The van der Waals surface area contributed by atoms with E-state index in [1.807, 2.05) is 18.2 Å². The van der Waals surface area contributed by atoms with Gasteiger partial charge in [0.15, 0.2) is 12.4 Å². The van der Waals surface area contributed by atoms with Gasteiger partial charge in [-0.15, -0.1) is 11.8 Å². The zero-order valence-electron chi connectivity index (χ0n) is 8.96. The topological polar surface area (TPSA) is 56.3 Å². The Balaban J connectivity index is 2.40. The van der Waals surface area contributed by atoms with Gasteiger partial charge in [0.1, 0.15) is 0 Å². The highest BCUT2D eigenvalue weighted by molar-refractivity contribution is 7.99. The Kier molecular flexibility index (Phi) is 5.56. The highest BCUT2D eigenvalue weighted by atomic mass is 32.2. The largest absolute Gasteiger partial charge is 0.454 e. The summed E-state index contributed by atoms with van der Waals surface area (Å²) in [6.07, 6.45) is 1.90. The Morgan fingerprint density at radius 2 is 2.44 bits per heavy atom. The van der Waals surface area contributed by atoms with Crippen LogP contribution in [-0.4, -0.2) is 29.1 Å². The van der Waals surface area contributed by atoms with Crippen molar-refractivity contribution in [2.75, 3.05) is 5.75 Å². The van der Waals surface area contributed by atoms with Crippen LogP contribution in [0.3, 0.4) is 0 Å². The molecule has 0 saturated carbocycles. The van der Waals surface area contributed by atoms with Crippen LogP contribution >= 0.6 is 11.8 Å². The average molecular weight is 239 g/mol. The number of ether oxygens (including phenoxy) is 1. The summed E-state index contributed by atoms with van der Waals surface area (Å²) in [4.78, 5) is 25.7. The second-order valence-electron chi connectivity index (χ2n) is 3.00. The molecule has 4 nitrogen and oxygen atoms in total. The van der Waals surface area contributed by atoms with Crippen molar-refractivity contribution in [1.29, 1.82) is 0 Å². The fourth-order valence-electron chi connectivity index (χ4n) is 0.953. The summed E-state index contributed by atoms with van der Waals surface area (Å²) in [5.41, 5.74) is 0. The lowest BCUT2D eigenvalue weighted by Crippen LogP contribution is -2.21. The molecule has 0 radical (unpaired) electrons. The molecule has 0 N–H and O–H groups in total. The number of pyridine rings is 1. The maximum atomic E-state index is 11.0. The molecule has 1 unspecified atom stereocenters. The van der Waals surface area contributed by atoms with Crippen molar-refractivity contribution in [2.45, 2.75) is 24.5 Å². The van der Waals surface area contributed by atoms with Gasteiger partial charge in [0.2, 0.25) is 0 Å². The van der Waals surface area contributed by atoms with E-state index >= 15 is 0 Å². The quantitative estimate of drug-likeness (QED) is 0.429. The summed E-state index contributed by atoms with van der Waals surface area (Å²) in [6.45, 7) is 1.69. The molecule has 0 fully saturated rings. The van der Waals surface area contributed by atoms with Crippen LogP contribution in [0, 0.1) is 0 Å². The molecule has 0 bridgehead atoms. The summed E-state index contributed by atoms with van der Waals surface area (Å²) in [5.74, 6) is 0.0328. The Morgan fingerprint density at radius 3 is 3.00 bits per heavy atom. The third-order valence-corrected chi connectivity index (χ3v) is 2.79. The molecule has 0 spiro atoms. The standard InChI is InChI=1S/C11H13NO3S/c1-2-11(14)15-9(7-13)8-16-10-5-3-4-6-12-10/h3-7,9H,2,8H2,1H3. The van der Waals surface area contributed by atoms with Crippen LogP contribution < -0.4 is 0 Å².